The molecule has 0 bridgehead atoms. The SMILES string of the molecule is CC(C)(C)Nc1ccc(Oc2cccc(Cl)c2)cc1. The molecule has 3 heteroatoms. The van der Waals surface area contributed by atoms with E-state index in [2.05, 4.69) is 26.1 Å². The lowest BCUT2D eigenvalue weighted by Crippen LogP contribution is -2.25. The first-order valence-corrected chi connectivity index (χ1v) is 6.62. The highest BCUT2D eigenvalue weighted by atomic mass is 35.5. The van der Waals surface area contributed by atoms with Crippen LogP contribution in [-0.4, -0.2) is 5.54 Å². The lowest BCUT2D eigenvalue weighted by Gasteiger charge is -2.22. The third-order valence-corrected chi connectivity index (χ3v) is 2.64. The highest BCUT2D eigenvalue weighted by Gasteiger charge is 2.08. The molecule has 2 nitrogen and oxygen atoms in total. The number of ether oxygens (including phenoxy) is 1. The van der Waals surface area contributed by atoms with Crippen molar-refractivity contribution in [1.29, 1.82) is 0 Å². The molecule has 2 aromatic rings. The highest BCUT2D eigenvalue weighted by molar-refractivity contribution is 6.30. The van der Waals surface area contributed by atoms with E-state index in [0.29, 0.717) is 5.02 Å². The van der Waals surface area contributed by atoms with Crippen LogP contribution in [0.1, 0.15) is 20.8 Å². The summed E-state index contributed by atoms with van der Waals surface area (Å²) in [6, 6.07) is 15.3. The van der Waals surface area contributed by atoms with E-state index in [1.807, 2.05) is 42.5 Å². The second-order valence-electron chi connectivity index (χ2n) is 5.46. The van der Waals surface area contributed by atoms with Crippen molar-refractivity contribution < 1.29 is 4.74 Å². The summed E-state index contributed by atoms with van der Waals surface area (Å²) in [6.07, 6.45) is 0. The van der Waals surface area contributed by atoms with Crippen molar-refractivity contribution in [2.24, 2.45) is 0 Å². The molecule has 0 aromatic heterocycles. The van der Waals surface area contributed by atoms with Gasteiger partial charge in [0.25, 0.3) is 0 Å². The smallest absolute Gasteiger partial charge is 0.128 e. The molecule has 0 saturated heterocycles. The molecule has 2 rings (SSSR count). The normalized spacial score (nSPS) is 11.2. The van der Waals surface area contributed by atoms with Crippen LogP contribution in [0.5, 0.6) is 11.5 Å². The molecule has 0 saturated carbocycles. The van der Waals surface area contributed by atoms with Gasteiger partial charge >= 0.3 is 0 Å². The molecule has 0 fully saturated rings. The fourth-order valence-corrected chi connectivity index (χ4v) is 1.89. The molecule has 0 aliphatic heterocycles. The average molecular weight is 276 g/mol. The Morgan fingerprint density at radius 3 is 2.21 bits per heavy atom. The summed E-state index contributed by atoms with van der Waals surface area (Å²) in [5.74, 6) is 1.53. The number of hydrogen-bond acceptors (Lipinski definition) is 2. The molecular formula is C16H18ClNO. The predicted octanol–water partition coefficient (Wildman–Crippen LogP) is 5.34. The lowest BCUT2D eigenvalue weighted by molar-refractivity contribution is 0.482. The molecule has 0 unspecified atom stereocenters. The number of rotatable bonds is 3. The van der Waals surface area contributed by atoms with Crippen LogP contribution in [0.2, 0.25) is 5.02 Å². The molecule has 19 heavy (non-hydrogen) atoms. The lowest BCUT2D eigenvalue weighted by atomic mass is 10.1. The maximum Gasteiger partial charge on any atom is 0.128 e. The van der Waals surface area contributed by atoms with E-state index in [-0.39, 0.29) is 5.54 Å². The Morgan fingerprint density at radius 2 is 1.63 bits per heavy atom. The number of nitrogens with one attached hydrogen (secondary N) is 1. The standard InChI is InChI=1S/C16H18ClNO/c1-16(2,3)18-13-7-9-14(10-8-13)19-15-6-4-5-12(17)11-15/h4-11,18H,1-3H3. The van der Waals surface area contributed by atoms with Gasteiger partial charge in [0.05, 0.1) is 0 Å². The Morgan fingerprint density at radius 1 is 0.947 bits per heavy atom. The molecule has 0 atom stereocenters. The summed E-state index contributed by atoms with van der Waals surface area (Å²) in [4.78, 5) is 0. The van der Waals surface area contributed by atoms with Gasteiger partial charge in [0.1, 0.15) is 11.5 Å². The number of halogens is 1. The Labute approximate surface area is 119 Å². The summed E-state index contributed by atoms with van der Waals surface area (Å²) in [7, 11) is 0. The van der Waals surface area contributed by atoms with Gasteiger partial charge in [-0.3, -0.25) is 0 Å². The number of anilines is 1. The zero-order chi connectivity index (χ0) is 13.9. The van der Waals surface area contributed by atoms with Crippen molar-refractivity contribution in [2.75, 3.05) is 5.32 Å². The number of benzene rings is 2. The Kier molecular flexibility index (Phi) is 4.01. The minimum Gasteiger partial charge on any atom is -0.457 e. The first kappa shape index (κ1) is 13.8. The van der Waals surface area contributed by atoms with E-state index >= 15 is 0 Å². The molecule has 0 amide bonds. The highest BCUT2D eigenvalue weighted by Crippen LogP contribution is 2.25. The van der Waals surface area contributed by atoms with Crippen LogP contribution in [0.3, 0.4) is 0 Å². The van der Waals surface area contributed by atoms with Gasteiger partial charge in [-0.1, -0.05) is 17.7 Å². The zero-order valence-electron chi connectivity index (χ0n) is 11.4. The second kappa shape index (κ2) is 5.54. The van der Waals surface area contributed by atoms with E-state index in [1.165, 1.54) is 0 Å². The molecule has 0 aliphatic carbocycles. The molecule has 0 radical (unpaired) electrons. The molecule has 100 valence electrons. The fourth-order valence-electron chi connectivity index (χ4n) is 1.71. The summed E-state index contributed by atoms with van der Waals surface area (Å²) >= 11 is 5.92. The van der Waals surface area contributed by atoms with E-state index in [9.17, 15) is 0 Å². The first-order valence-electron chi connectivity index (χ1n) is 6.24. The van der Waals surface area contributed by atoms with Crippen molar-refractivity contribution in [3.05, 3.63) is 53.6 Å². The van der Waals surface area contributed by atoms with Crippen molar-refractivity contribution >= 4 is 17.3 Å². The largest absolute Gasteiger partial charge is 0.457 e. The summed E-state index contributed by atoms with van der Waals surface area (Å²) in [5, 5.41) is 4.07. The van der Waals surface area contributed by atoms with E-state index in [0.717, 1.165) is 17.2 Å². The van der Waals surface area contributed by atoms with Crippen LogP contribution in [0.15, 0.2) is 48.5 Å². The quantitative estimate of drug-likeness (QED) is 0.816. The minimum atomic E-state index is 0.0509. The molecule has 2 aromatic carbocycles. The molecule has 0 heterocycles. The summed E-state index contributed by atoms with van der Waals surface area (Å²) in [5.41, 5.74) is 1.13. The maximum absolute atomic E-state index is 5.92. The molecular weight excluding hydrogens is 258 g/mol. The third-order valence-electron chi connectivity index (χ3n) is 2.41. The Bertz CT molecular complexity index is 543. The first-order chi connectivity index (χ1) is 8.92. The van der Waals surface area contributed by atoms with Crippen LogP contribution >= 0.6 is 11.6 Å². The van der Waals surface area contributed by atoms with Gasteiger partial charge in [0, 0.05) is 16.2 Å². The summed E-state index contributed by atoms with van der Waals surface area (Å²) < 4.78 is 5.73. The molecule has 0 aliphatic rings. The van der Waals surface area contributed by atoms with Gasteiger partial charge in [0.2, 0.25) is 0 Å². The van der Waals surface area contributed by atoms with Gasteiger partial charge in [-0.15, -0.1) is 0 Å². The van der Waals surface area contributed by atoms with Crippen LogP contribution in [0.4, 0.5) is 5.69 Å². The van der Waals surface area contributed by atoms with Gasteiger partial charge in [-0.2, -0.15) is 0 Å². The van der Waals surface area contributed by atoms with Crippen molar-refractivity contribution in [1.82, 2.24) is 0 Å². The fraction of sp³-hybridized carbons (Fsp3) is 0.250. The average Bonchev–Trinajstić information content (AvgIpc) is 2.30. The monoisotopic (exact) mass is 275 g/mol. The molecule has 1 N–H and O–H groups in total. The minimum absolute atomic E-state index is 0.0509. The zero-order valence-corrected chi connectivity index (χ0v) is 12.2. The third kappa shape index (κ3) is 4.49. The topological polar surface area (TPSA) is 21.3 Å². The van der Waals surface area contributed by atoms with Gasteiger partial charge < -0.3 is 10.1 Å². The van der Waals surface area contributed by atoms with Crippen molar-refractivity contribution in [3.63, 3.8) is 0 Å². The van der Waals surface area contributed by atoms with Crippen molar-refractivity contribution in [3.8, 4) is 11.5 Å². The van der Waals surface area contributed by atoms with Crippen LogP contribution < -0.4 is 10.1 Å². The second-order valence-corrected chi connectivity index (χ2v) is 5.90. The molecule has 0 spiro atoms. The van der Waals surface area contributed by atoms with Crippen LogP contribution in [0.25, 0.3) is 0 Å². The van der Waals surface area contributed by atoms with Gasteiger partial charge in [-0.25, -0.2) is 0 Å². The Balaban J connectivity index is 2.07. The van der Waals surface area contributed by atoms with E-state index < -0.39 is 0 Å². The van der Waals surface area contributed by atoms with E-state index in [4.69, 9.17) is 16.3 Å². The van der Waals surface area contributed by atoms with Crippen molar-refractivity contribution in [2.45, 2.75) is 26.3 Å². The predicted molar refractivity (Wildman–Crippen MR) is 81.3 cm³/mol. The van der Waals surface area contributed by atoms with Gasteiger partial charge in [-0.05, 0) is 63.2 Å². The maximum atomic E-state index is 5.92. The Hall–Kier alpha value is -1.67. The van der Waals surface area contributed by atoms with Gasteiger partial charge in [0.15, 0.2) is 0 Å². The van der Waals surface area contributed by atoms with Crippen LogP contribution in [-0.2, 0) is 0 Å². The van der Waals surface area contributed by atoms with Crippen LogP contribution in [0, 0.1) is 0 Å². The van der Waals surface area contributed by atoms with E-state index in [1.54, 1.807) is 6.07 Å². The summed E-state index contributed by atoms with van der Waals surface area (Å²) in [6.45, 7) is 6.39. The number of hydrogen-bond donors (Lipinski definition) is 1.